The molecule has 1 saturated carbocycles. The first kappa shape index (κ1) is 16.3. The van der Waals surface area contributed by atoms with Crippen LogP contribution in [0.5, 0.6) is 0 Å². The van der Waals surface area contributed by atoms with Crippen LogP contribution in [-0.2, 0) is 0 Å². The molecule has 126 valence electrons. The van der Waals surface area contributed by atoms with Gasteiger partial charge in [0.2, 0.25) is 0 Å². The third-order valence-corrected chi connectivity index (χ3v) is 5.19. The zero-order chi connectivity index (χ0) is 16.1. The summed E-state index contributed by atoms with van der Waals surface area (Å²) in [5.74, 6) is 0.720. The Bertz CT molecular complexity index is 506. The van der Waals surface area contributed by atoms with Crippen molar-refractivity contribution in [1.29, 1.82) is 0 Å². The highest BCUT2D eigenvalue weighted by Gasteiger charge is 2.19. The average molecular weight is 315 g/mol. The molecular formula is C19H29N3O. The molecular weight excluding hydrogens is 286 g/mol. The largest absolute Gasteiger partial charge is 0.370 e. The van der Waals surface area contributed by atoms with E-state index in [0.717, 1.165) is 37.5 Å². The Kier molecular flexibility index (Phi) is 5.52. The summed E-state index contributed by atoms with van der Waals surface area (Å²) in [6.45, 7) is 4.49. The number of rotatable bonds is 3. The molecule has 1 atom stereocenters. The first-order chi connectivity index (χ1) is 11.2. The third-order valence-electron chi connectivity index (χ3n) is 5.19. The van der Waals surface area contributed by atoms with Gasteiger partial charge in [0, 0.05) is 19.1 Å². The quantitative estimate of drug-likeness (QED) is 0.864. The van der Waals surface area contributed by atoms with Crippen LogP contribution in [0.4, 0.5) is 5.69 Å². The molecule has 3 rings (SSSR count). The molecule has 4 nitrogen and oxygen atoms in total. The summed E-state index contributed by atoms with van der Waals surface area (Å²) < 4.78 is 0. The van der Waals surface area contributed by atoms with Gasteiger partial charge in [0.15, 0.2) is 0 Å². The second-order valence-corrected chi connectivity index (χ2v) is 7.26. The van der Waals surface area contributed by atoms with Crippen molar-refractivity contribution in [1.82, 2.24) is 10.3 Å². The molecule has 1 amide bonds. The van der Waals surface area contributed by atoms with E-state index in [9.17, 15) is 4.79 Å². The van der Waals surface area contributed by atoms with Crippen LogP contribution in [0.3, 0.4) is 0 Å². The van der Waals surface area contributed by atoms with Crippen molar-refractivity contribution in [2.24, 2.45) is 5.92 Å². The fraction of sp³-hybridized carbons (Fsp3) is 0.684. The first-order valence-corrected chi connectivity index (χ1v) is 9.24. The molecule has 1 aliphatic carbocycles. The van der Waals surface area contributed by atoms with E-state index in [1.165, 1.54) is 38.5 Å². The summed E-state index contributed by atoms with van der Waals surface area (Å²) in [5.41, 5.74) is 1.69. The number of nitrogens with zero attached hydrogens (tertiary/aromatic N) is 2. The zero-order valence-corrected chi connectivity index (χ0v) is 14.3. The number of nitrogens with one attached hydrogen (secondary N) is 1. The minimum Gasteiger partial charge on any atom is -0.370 e. The molecule has 1 aromatic heterocycles. The predicted octanol–water partition coefficient (Wildman–Crippen LogP) is 3.77. The number of pyridine rings is 1. The molecule has 2 fully saturated rings. The van der Waals surface area contributed by atoms with E-state index in [1.807, 2.05) is 18.3 Å². The van der Waals surface area contributed by atoms with Gasteiger partial charge in [0.1, 0.15) is 5.69 Å². The molecule has 2 aliphatic rings. The van der Waals surface area contributed by atoms with E-state index in [0.29, 0.717) is 11.7 Å². The SMILES string of the molecule is CC1CCCN(c2ccc(C(=O)NC3CCCCCC3)nc2)C1. The molecule has 1 aromatic rings. The van der Waals surface area contributed by atoms with E-state index in [4.69, 9.17) is 0 Å². The normalized spacial score (nSPS) is 23.3. The van der Waals surface area contributed by atoms with Crippen molar-refractivity contribution in [2.75, 3.05) is 18.0 Å². The molecule has 1 N–H and O–H groups in total. The van der Waals surface area contributed by atoms with Gasteiger partial charge in [-0.05, 0) is 43.7 Å². The van der Waals surface area contributed by atoms with Gasteiger partial charge in [0.25, 0.3) is 5.91 Å². The summed E-state index contributed by atoms with van der Waals surface area (Å²) in [5, 5.41) is 3.17. The van der Waals surface area contributed by atoms with Crippen LogP contribution in [0.25, 0.3) is 0 Å². The highest BCUT2D eigenvalue weighted by Crippen LogP contribution is 2.22. The first-order valence-electron chi connectivity index (χ1n) is 9.24. The number of carbonyl (C=O) groups excluding carboxylic acids is 1. The van der Waals surface area contributed by atoms with Crippen molar-refractivity contribution >= 4 is 11.6 Å². The third kappa shape index (κ3) is 4.46. The van der Waals surface area contributed by atoms with Gasteiger partial charge in [-0.2, -0.15) is 0 Å². The Morgan fingerprint density at radius 2 is 1.91 bits per heavy atom. The summed E-state index contributed by atoms with van der Waals surface area (Å²) in [7, 11) is 0. The van der Waals surface area contributed by atoms with Crippen LogP contribution in [0, 0.1) is 5.92 Å². The zero-order valence-electron chi connectivity index (χ0n) is 14.3. The fourth-order valence-corrected chi connectivity index (χ4v) is 3.81. The molecule has 0 radical (unpaired) electrons. The van der Waals surface area contributed by atoms with Gasteiger partial charge >= 0.3 is 0 Å². The van der Waals surface area contributed by atoms with E-state index >= 15 is 0 Å². The number of amides is 1. The van der Waals surface area contributed by atoms with Crippen LogP contribution >= 0.6 is 0 Å². The number of carbonyl (C=O) groups is 1. The van der Waals surface area contributed by atoms with Gasteiger partial charge in [0.05, 0.1) is 11.9 Å². The maximum absolute atomic E-state index is 12.4. The predicted molar refractivity (Wildman–Crippen MR) is 93.8 cm³/mol. The lowest BCUT2D eigenvalue weighted by atomic mass is 10.00. The number of anilines is 1. The van der Waals surface area contributed by atoms with Crippen molar-refractivity contribution in [3.05, 3.63) is 24.0 Å². The Labute approximate surface area is 139 Å². The van der Waals surface area contributed by atoms with E-state index in [1.54, 1.807) is 0 Å². The fourth-order valence-electron chi connectivity index (χ4n) is 3.81. The summed E-state index contributed by atoms with van der Waals surface area (Å²) >= 11 is 0. The van der Waals surface area contributed by atoms with Crippen LogP contribution in [0.1, 0.15) is 68.8 Å². The number of piperidine rings is 1. The smallest absolute Gasteiger partial charge is 0.270 e. The Balaban J connectivity index is 1.58. The molecule has 1 saturated heterocycles. The summed E-state index contributed by atoms with van der Waals surface area (Å²) in [6, 6.07) is 4.25. The van der Waals surface area contributed by atoms with Gasteiger partial charge in [-0.25, -0.2) is 4.98 Å². The number of aromatic nitrogens is 1. The molecule has 0 bridgehead atoms. The summed E-state index contributed by atoms with van der Waals surface area (Å²) in [4.78, 5) is 19.2. The minimum atomic E-state index is -0.0181. The van der Waals surface area contributed by atoms with Crippen molar-refractivity contribution in [3.63, 3.8) is 0 Å². The standard InChI is InChI=1S/C19H29N3O/c1-15-7-6-12-22(14-15)17-10-11-18(20-13-17)19(23)21-16-8-4-2-3-5-9-16/h10-11,13,15-16H,2-9,12,14H2,1H3,(H,21,23). The maximum Gasteiger partial charge on any atom is 0.270 e. The average Bonchev–Trinajstić information content (AvgIpc) is 2.84. The van der Waals surface area contributed by atoms with E-state index in [-0.39, 0.29) is 5.91 Å². The Morgan fingerprint density at radius 1 is 1.13 bits per heavy atom. The highest BCUT2D eigenvalue weighted by atomic mass is 16.1. The topological polar surface area (TPSA) is 45.2 Å². The van der Waals surface area contributed by atoms with E-state index < -0.39 is 0 Å². The van der Waals surface area contributed by atoms with Crippen molar-refractivity contribution < 1.29 is 4.79 Å². The Morgan fingerprint density at radius 3 is 2.57 bits per heavy atom. The molecule has 2 heterocycles. The molecule has 23 heavy (non-hydrogen) atoms. The van der Waals surface area contributed by atoms with Gasteiger partial charge in [-0.1, -0.05) is 32.6 Å². The lowest BCUT2D eigenvalue weighted by Gasteiger charge is -2.32. The lowest BCUT2D eigenvalue weighted by Crippen LogP contribution is -2.35. The van der Waals surface area contributed by atoms with Crippen molar-refractivity contribution in [2.45, 2.75) is 64.3 Å². The maximum atomic E-state index is 12.4. The monoisotopic (exact) mass is 315 g/mol. The number of hydrogen-bond acceptors (Lipinski definition) is 3. The molecule has 4 heteroatoms. The van der Waals surface area contributed by atoms with Crippen LogP contribution < -0.4 is 10.2 Å². The molecule has 0 spiro atoms. The van der Waals surface area contributed by atoms with Crippen LogP contribution in [0.15, 0.2) is 18.3 Å². The molecule has 1 aliphatic heterocycles. The molecule has 0 aromatic carbocycles. The second kappa shape index (κ2) is 7.80. The van der Waals surface area contributed by atoms with Crippen LogP contribution in [-0.4, -0.2) is 30.0 Å². The van der Waals surface area contributed by atoms with Gasteiger partial charge in [-0.15, -0.1) is 0 Å². The van der Waals surface area contributed by atoms with Crippen molar-refractivity contribution in [3.8, 4) is 0 Å². The highest BCUT2D eigenvalue weighted by molar-refractivity contribution is 5.92. The van der Waals surface area contributed by atoms with E-state index in [2.05, 4.69) is 22.1 Å². The lowest BCUT2D eigenvalue weighted by molar-refractivity contribution is 0.0928. The minimum absolute atomic E-state index is 0.0181. The second-order valence-electron chi connectivity index (χ2n) is 7.26. The van der Waals surface area contributed by atoms with Crippen LogP contribution in [0.2, 0.25) is 0 Å². The summed E-state index contributed by atoms with van der Waals surface area (Å²) in [6.07, 6.45) is 11.7. The Hall–Kier alpha value is -1.58. The van der Waals surface area contributed by atoms with Gasteiger partial charge < -0.3 is 10.2 Å². The number of hydrogen-bond donors (Lipinski definition) is 1. The molecule has 1 unspecified atom stereocenters. The van der Waals surface area contributed by atoms with Gasteiger partial charge in [-0.3, -0.25) is 4.79 Å².